The number of aliphatic hydroxyl groups excluding tert-OH is 1. The summed E-state index contributed by atoms with van der Waals surface area (Å²) in [5.41, 5.74) is 6.73. The monoisotopic (exact) mass is 301 g/mol. The molecule has 5 nitrogen and oxygen atoms in total. The number of rotatable bonds is 9. The number of nitrogens with one attached hydrogen (secondary N) is 1. The summed E-state index contributed by atoms with van der Waals surface area (Å²) in [5.74, 6) is -0.214. The summed E-state index contributed by atoms with van der Waals surface area (Å²) in [6.45, 7) is -0.0620. The maximum absolute atomic E-state index is 12.3. The summed E-state index contributed by atoms with van der Waals surface area (Å²) in [6, 6.07) is 6.91. The molecule has 0 heterocycles. The van der Waals surface area contributed by atoms with E-state index in [0.29, 0.717) is 24.3 Å². The van der Waals surface area contributed by atoms with Crippen molar-refractivity contribution in [3.05, 3.63) is 24.3 Å². The van der Waals surface area contributed by atoms with Gasteiger partial charge in [0.05, 0.1) is 24.5 Å². The number of nitrogens with two attached hydrogens (primary N) is 1. The molecule has 118 valence electrons. The van der Waals surface area contributed by atoms with Gasteiger partial charge in [-0.3, -0.25) is 9.69 Å². The maximum atomic E-state index is 12.3. The lowest BCUT2D eigenvalue weighted by Crippen LogP contribution is -2.33. The predicted octanol–water partition coefficient (Wildman–Crippen LogP) is 1.55. The highest BCUT2D eigenvalue weighted by atomic mass is 19.3. The molecule has 1 amide bonds. The molecule has 0 spiro atoms. The fraction of sp³-hybridized carbons (Fsp3) is 0.500. The number of halogens is 2. The minimum absolute atomic E-state index is 0.178. The number of nitrogen functional groups attached to an aromatic ring is 1. The van der Waals surface area contributed by atoms with E-state index in [9.17, 15) is 13.6 Å². The Balaban J connectivity index is 2.33. The molecule has 4 N–H and O–H groups in total. The third-order valence-electron chi connectivity index (χ3n) is 2.93. The van der Waals surface area contributed by atoms with E-state index >= 15 is 0 Å². The number of anilines is 2. The molecule has 0 aliphatic carbocycles. The molecule has 0 fully saturated rings. The van der Waals surface area contributed by atoms with Crippen molar-refractivity contribution in [1.82, 2.24) is 4.90 Å². The fourth-order valence-electron chi connectivity index (χ4n) is 1.92. The minimum Gasteiger partial charge on any atom is -0.397 e. The number of nitrogens with zero attached hydrogens (tertiary/aromatic N) is 1. The molecule has 0 radical (unpaired) electrons. The number of benzene rings is 1. The number of hydrogen-bond donors (Lipinski definition) is 3. The smallest absolute Gasteiger partial charge is 0.251 e. The molecule has 1 rings (SSSR count). The van der Waals surface area contributed by atoms with Gasteiger partial charge in [0.1, 0.15) is 0 Å². The summed E-state index contributed by atoms with van der Waals surface area (Å²) >= 11 is 0. The largest absolute Gasteiger partial charge is 0.397 e. The van der Waals surface area contributed by atoms with Crippen molar-refractivity contribution < 1.29 is 18.7 Å². The van der Waals surface area contributed by atoms with Crippen LogP contribution in [0.3, 0.4) is 0 Å². The standard InChI is InChI=1S/C14H21F2N3O2/c15-13(16)10-19(8-9-20)7-3-6-14(21)18-12-5-2-1-4-11(12)17/h1-2,4-5,13,20H,3,6-10,17H2,(H,18,21). The molecule has 7 heteroatoms. The molecular weight excluding hydrogens is 280 g/mol. The van der Waals surface area contributed by atoms with E-state index in [4.69, 9.17) is 10.8 Å². The lowest BCUT2D eigenvalue weighted by Gasteiger charge is -2.20. The Kier molecular flexibility index (Phi) is 7.63. The van der Waals surface area contributed by atoms with Gasteiger partial charge in [-0.15, -0.1) is 0 Å². The van der Waals surface area contributed by atoms with Crippen molar-refractivity contribution in [3.63, 3.8) is 0 Å². The average Bonchev–Trinajstić information content (AvgIpc) is 2.41. The summed E-state index contributed by atoms with van der Waals surface area (Å²) in [7, 11) is 0. The van der Waals surface area contributed by atoms with Crippen molar-refractivity contribution >= 4 is 17.3 Å². The Bertz CT molecular complexity index is 444. The van der Waals surface area contributed by atoms with Gasteiger partial charge in [0.15, 0.2) is 0 Å². The van der Waals surface area contributed by atoms with Crippen molar-refractivity contribution in [2.75, 3.05) is 37.3 Å². The first-order valence-corrected chi connectivity index (χ1v) is 6.78. The first kappa shape index (κ1) is 17.3. The molecule has 21 heavy (non-hydrogen) atoms. The van der Waals surface area contributed by atoms with Crippen molar-refractivity contribution in [2.24, 2.45) is 0 Å². The average molecular weight is 301 g/mol. The highest BCUT2D eigenvalue weighted by molar-refractivity contribution is 5.93. The zero-order valence-electron chi connectivity index (χ0n) is 11.8. The number of alkyl halides is 2. The van der Waals surface area contributed by atoms with E-state index in [2.05, 4.69) is 5.32 Å². The van der Waals surface area contributed by atoms with E-state index in [0.717, 1.165) is 0 Å². The van der Waals surface area contributed by atoms with E-state index in [-0.39, 0.29) is 25.5 Å². The van der Waals surface area contributed by atoms with Gasteiger partial charge in [0, 0.05) is 13.0 Å². The second-order valence-electron chi connectivity index (χ2n) is 4.65. The van der Waals surface area contributed by atoms with Crippen molar-refractivity contribution in [3.8, 4) is 0 Å². The lowest BCUT2D eigenvalue weighted by atomic mass is 10.2. The third kappa shape index (κ3) is 7.01. The van der Waals surface area contributed by atoms with Gasteiger partial charge in [-0.25, -0.2) is 8.78 Å². The van der Waals surface area contributed by atoms with E-state index in [1.54, 1.807) is 24.3 Å². The first-order valence-electron chi connectivity index (χ1n) is 6.78. The Hall–Kier alpha value is -1.73. The zero-order chi connectivity index (χ0) is 15.7. The Morgan fingerprint density at radius 3 is 2.67 bits per heavy atom. The van der Waals surface area contributed by atoms with Crippen LogP contribution in [0.5, 0.6) is 0 Å². The summed E-state index contributed by atoms with van der Waals surface area (Å²) in [5, 5.41) is 11.5. The molecule has 0 unspecified atom stereocenters. The van der Waals surface area contributed by atoms with Crippen LogP contribution in [0.2, 0.25) is 0 Å². The van der Waals surface area contributed by atoms with Crippen LogP contribution >= 0.6 is 0 Å². The highest BCUT2D eigenvalue weighted by Crippen LogP contribution is 2.17. The molecular formula is C14H21F2N3O2. The molecule has 0 aliphatic heterocycles. The molecule has 1 aromatic carbocycles. The quantitative estimate of drug-likeness (QED) is 0.605. The van der Waals surface area contributed by atoms with Crippen LogP contribution in [-0.2, 0) is 4.79 Å². The fourth-order valence-corrected chi connectivity index (χ4v) is 1.92. The summed E-state index contributed by atoms with van der Waals surface area (Å²) < 4.78 is 24.6. The molecule has 0 atom stereocenters. The normalized spacial score (nSPS) is 11.1. The molecule has 0 aromatic heterocycles. The zero-order valence-corrected chi connectivity index (χ0v) is 11.8. The summed E-state index contributed by atoms with van der Waals surface area (Å²) in [6.07, 6.45) is -1.81. The van der Waals surface area contributed by atoms with Crippen molar-refractivity contribution in [2.45, 2.75) is 19.3 Å². The van der Waals surface area contributed by atoms with Crippen LogP contribution in [0.25, 0.3) is 0 Å². The van der Waals surface area contributed by atoms with Gasteiger partial charge in [0.2, 0.25) is 5.91 Å². The topological polar surface area (TPSA) is 78.6 Å². The van der Waals surface area contributed by atoms with Gasteiger partial charge in [0.25, 0.3) is 6.43 Å². The van der Waals surface area contributed by atoms with Gasteiger partial charge in [-0.2, -0.15) is 0 Å². The van der Waals surface area contributed by atoms with Gasteiger partial charge >= 0.3 is 0 Å². The van der Waals surface area contributed by atoms with E-state index < -0.39 is 13.0 Å². The Morgan fingerprint density at radius 1 is 1.33 bits per heavy atom. The van der Waals surface area contributed by atoms with Gasteiger partial charge in [-0.05, 0) is 25.1 Å². The second kappa shape index (κ2) is 9.25. The lowest BCUT2D eigenvalue weighted by molar-refractivity contribution is -0.116. The molecule has 0 aliphatic rings. The minimum atomic E-state index is -2.45. The predicted molar refractivity (Wildman–Crippen MR) is 78.2 cm³/mol. The van der Waals surface area contributed by atoms with Gasteiger partial charge < -0.3 is 16.2 Å². The number of aliphatic hydroxyl groups is 1. The van der Waals surface area contributed by atoms with Crippen LogP contribution in [0, 0.1) is 0 Å². The van der Waals surface area contributed by atoms with E-state index in [1.165, 1.54) is 4.90 Å². The van der Waals surface area contributed by atoms with E-state index in [1.807, 2.05) is 0 Å². The number of amides is 1. The molecule has 0 saturated heterocycles. The summed E-state index contributed by atoms with van der Waals surface area (Å²) in [4.78, 5) is 13.2. The third-order valence-corrected chi connectivity index (χ3v) is 2.93. The van der Waals surface area contributed by atoms with Crippen LogP contribution in [0.1, 0.15) is 12.8 Å². The Morgan fingerprint density at radius 2 is 2.05 bits per heavy atom. The Labute approximate surface area is 122 Å². The second-order valence-corrected chi connectivity index (χ2v) is 4.65. The van der Waals surface area contributed by atoms with Crippen molar-refractivity contribution in [1.29, 1.82) is 0 Å². The highest BCUT2D eigenvalue weighted by Gasteiger charge is 2.12. The molecule has 1 aromatic rings. The van der Waals surface area contributed by atoms with Crippen LogP contribution in [-0.4, -0.2) is 48.6 Å². The van der Waals surface area contributed by atoms with Gasteiger partial charge in [-0.1, -0.05) is 12.1 Å². The van der Waals surface area contributed by atoms with Crippen LogP contribution < -0.4 is 11.1 Å². The maximum Gasteiger partial charge on any atom is 0.251 e. The van der Waals surface area contributed by atoms with Crippen LogP contribution in [0.4, 0.5) is 20.2 Å². The molecule has 0 saturated carbocycles. The number of carbonyl (C=O) groups is 1. The van der Waals surface area contributed by atoms with Crippen LogP contribution in [0.15, 0.2) is 24.3 Å². The first-order chi connectivity index (χ1) is 10.0. The number of para-hydroxylation sites is 2. The number of hydrogen-bond acceptors (Lipinski definition) is 4. The molecule has 0 bridgehead atoms. The SMILES string of the molecule is Nc1ccccc1NC(=O)CCCN(CCO)CC(F)F. The number of carbonyl (C=O) groups excluding carboxylic acids is 1.